The molecule has 0 fully saturated rings. The smallest absolute Gasteiger partial charge is 0.408 e. The van der Waals surface area contributed by atoms with Gasteiger partial charge in [0.25, 0.3) is 0 Å². The summed E-state index contributed by atoms with van der Waals surface area (Å²) >= 11 is 2.73. The van der Waals surface area contributed by atoms with Crippen molar-refractivity contribution >= 4 is 73.8 Å². The fourth-order valence-electron chi connectivity index (χ4n) is 5.78. The molecule has 1 aliphatic rings. The number of aromatic nitrogens is 1. The summed E-state index contributed by atoms with van der Waals surface area (Å²) in [6.45, 7) is 1.04. The third-order valence-electron chi connectivity index (χ3n) is 8.89. The number of carbonyl (C=O) groups excluding carboxylic acids is 4. The fourth-order valence-corrected chi connectivity index (χ4v) is 7.93. The first-order valence-corrected chi connectivity index (χ1v) is 20.6. The highest BCUT2D eigenvalue weighted by molar-refractivity contribution is 8.15. The summed E-state index contributed by atoms with van der Waals surface area (Å²) in [7, 11) is 3.83. The molecule has 2 aromatic carbocycles. The zero-order valence-corrected chi connectivity index (χ0v) is 33.7. The van der Waals surface area contributed by atoms with E-state index >= 15 is 0 Å². The minimum atomic E-state index is -1.56. The second-order valence-electron chi connectivity index (χ2n) is 13.8. The molecule has 0 unspecified atom stereocenters. The molecule has 17 nitrogen and oxygen atoms in total. The summed E-state index contributed by atoms with van der Waals surface area (Å²) in [5, 5.41) is 40.4. The Morgan fingerprint density at radius 3 is 2.19 bits per heavy atom. The number of nitrogens with one attached hydrogen (secondary N) is 4. The molecule has 9 N–H and O–H groups in total. The van der Waals surface area contributed by atoms with E-state index in [0.29, 0.717) is 64.8 Å². The fraction of sp³-hybridized carbons (Fsp3) is 0.500. The third-order valence-corrected chi connectivity index (χ3v) is 11.1. The van der Waals surface area contributed by atoms with Crippen molar-refractivity contribution in [2.75, 3.05) is 38.3 Å². The van der Waals surface area contributed by atoms with Crippen molar-refractivity contribution in [2.24, 2.45) is 10.7 Å². The molecule has 4 amide bonds. The molecule has 4 rings (SSSR count). The normalized spacial score (nSPS) is 15.5. The van der Waals surface area contributed by atoms with Crippen molar-refractivity contribution < 1.29 is 44.0 Å². The van der Waals surface area contributed by atoms with Crippen LogP contribution in [0.3, 0.4) is 0 Å². The number of hydrogen-bond acceptors (Lipinski definition) is 14. The molecule has 1 aliphatic heterocycles. The molecule has 0 radical (unpaired) electrons. The topological polar surface area (TPSA) is 258 Å². The van der Waals surface area contributed by atoms with Crippen LogP contribution in [0.1, 0.15) is 61.9 Å². The number of carboxylic acids is 1. The molecule has 4 atom stereocenters. The number of thioether (sulfide) groups is 1. The van der Waals surface area contributed by atoms with Crippen LogP contribution in [0.5, 0.6) is 0 Å². The Morgan fingerprint density at radius 2 is 1.56 bits per heavy atom. The van der Waals surface area contributed by atoms with Crippen LogP contribution in [0.25, 0.3) is 10.2 Å². The number of nitrogens with zero attached hydrogens (tertiary/aromatic N) is 3. The monoisotopic (exact) mass is 828 g/mol. The van der Waals surface area contributed by atoms with Crippen molar-refractivity contribution in [1.82, 2.24) is 25.8 Å². The van der Waals surface area contributed by atoms with Crippen molar-refractivity contribution in [3.05, 3.63) is 59.1 Å². The Balaban J connectivity index is 1.47. The van der Waals surface area contributed by atoms with E-state index in [1.54, 1.807) is 42.5 Å². The summed E-state index contributed by atoms with van der Waals surface area (Å²) < 4.78 is 6.03. The zero-order chi connectivity index (χ0) is 41.3. The second-order valence-corrected chi connectivity index (χ2v) is 15.9. The molecular weight excluding hydrogens is 777 g/mol. The first-order valence-electron chi connectivity index (χ1n) is 18.8. The number of nitrogens with two attached hydrogens (primary N) is 1. The Morgan fingerprint density at radius 1 is 0.895 bits per heavy atom. The number of carboxylic acid groups (broad SMARTS) is 1. The van der Waals surface area contributed by atoms with Crippen molar-refractivity contribution in [2.45, 2.75) is 88.4 Å². The SMILES string of the molecule is CN(C)CCCC[C@H](NC(=O)[C@H](CCC(=O)O)NC(=O)OCc1ccccc1)C(=O)N[C@@H](CCCCN)C(=O)Nc1ccc2nc(C3=N[C@@H](C(O)O)CS3)sc2c1. The number of aliphatic hydroxyl groups excluding tert-OH is 1. The molecule has 0 bridgehead atoms. The van der Waals surface area contributed by atoms with E-state index in [0.717, 1.165) is 11.2 Å². The first-order chi connectivity index (χ1) is 27.3. The Kier molecular flexibility index (Phi) is 18.1. The van der Waals surface area contributed by atoms with Crippen molar-refractivity contribution in [3.63, 3.8) is 0 Å². The van der Waals surface area contributed by atoms with E-state index in [4.69, 9.17) is 10.5 Å². The Bertz CT molecular complexity index is 1840. The lowest BCUT2D eigenvalue weighted by atomic mass is 10.0. The van der Waals surface area contributed by atoms with E-state index < -0.39 is 66.7 Å². The molecule has 0 aliphatic carbocycles. The van der Waals surface area contributed by atoms with E-state index in [2.05, 4.69) is 31.2 Å². The maximum atomic E-state index is 13.9. The minimum absolute atomic E-state index is 0.0734. The van der Waals surface area contributed by atoms with Gasteiger partial charge in [-0.1, -0.05) is 30.3 Å². The third kappa shape index (κ3) is 15.0. The average Bonchev–Trinajstić information content (AvgIpc) is 3.85. The molecule has 1 aromatic heterocycles. The van der Waals surface area contributed by atoms with Gasteiger partial charge in [0, 0.05) is 17.9 Å². The van der Waals surface area contributed by atoms with Gasteiger partial charge in [-0.2, -0.15) is 0 Å². The maximum absolute atomic E-state index is 13.9. The van der Waals surface area contributed by atoms with Gasteiger partial charge >= 0.3 is 12.1 Å². The van der Waals surface area contributed by atoms with Gasteiger partial charge < -0.3 is 52.0 Å². The van der Waals surface area contributed by atoms with Gasteiger partial charge in [-0.05, 0) is 95.9 Å². The number of aliphatic hydroxyl groups is 2. The molecular formula is C38H52N8O9S2. The number of hydrogen-bond donors (Lipinski definition) is 8. The summed E-state index contributed by atoms with van der Waals surface area (Å²) in [5.74, 6) is -2.63. The lowest BCUT2D eigenvalue weighted by molar-refractivity contribution is -0.137. The molecule has 57 heavy (non-hydrogen) atoms. The number of aliphatic imine (C=N–C) groups is 1. The second kappa shape index (κ2) is 22.9. The van der Waals surface area contributed by atoms with Gasteiger partial charge in [0.1, 0.15) is 40.8 Å². The number of aliphatic carboxylic acids is 1. The maximum Gasteiger partial charge on any atom is 0.408 e. The summed E-state index contributed by atoms with van der Waals surface area (Å²) in [6.07, 6.45) is -0.336. The van der Waals surface area contributed by atoms with Crippen molar-refractivity contribution in [3.8, 4) is 0 Å². The van der Waals surface area contributed by atoms with Crippen LogP contribution in [0, 0.1) is 0 Å². The van der Waals surface area contributed by atoms with Crippen LogP contribution in [0.2, 0.25) is 0 Å². The Hall–Kier alpha value is -4.66. The van der Waals surface area contributed by atoms with E-state index in [1.807, 2.05) is 25.1 Å². The van der Waals surface area contributed by atoms with Crippen LogP contribution < -0.4 is 27.0 Å². The Labute approximate surface area is 339 Å². The van der Waals surface area contributed by atoms with Gasteiger partial charge in [0.15, 0.2) is 6.29 Å². The number of fused-ring (bicyclic) bond motifs is 1. The molecule has 2 heterocycles. The van der Waals surface area contributed by atoms with Crippen molar-refractivity contribution in [1.29, 1.82) is 0 Å². The minimum Gasteiger partial charge on any atom is -0.481 e. The lowest BCUT2D eigenvalue weighted by Gasteiger charge is -2.25. The largest absolute Gasteiger partial charge is 0.481 e. The van der Waals surface area contributed by atoms with Crippen LogP contribution in [-0.4, -0.2) is 123 Å². The van der Waals surface area contributed by atoms with Gasteiger partial charge in [-0.3, -0.25) is 24.2 Å². The lowest BCUT2D eigenvalue weighted by Crippen LogP contribution is -2.56. The molecule has 0 saturated heterocycles. The molecule has 3 aromatic rings. The predicted octanol–water partition coefficient (Wildman–Crippen LogP) is 2.40. The van der Waals surface area contributed by atoms with E-state index in [-0.39, 0.29) is 25.9 Å². The molecule has 0 saturated carbocycles. The highest BCUT2D eigenvalue weighted by Gasteiger charge is 2.31. The van der Waals surface area contributed by atoms with Crippen LogP contribution >= 0.6 is 23.1 Å². The summed E-state index contributed by atoms with van der Waals surface area (Å²) in [6, 6.07) is 10.0. The predicted molar refractivity (Wildman–Crippen MR) is 219 cm³/mol. The van der Waals surface area contributed by atoms with Crippen LogP contribution in [0.15, 0.2) is 53.5 Å². The first kappa shape index (κ1) is 45.0. The molecule has 310 valence electrons. The van der Waals surface area contributed by atoms with Gasteiger partial charge in [0.05, 0.1) is 10.2 Å². The number of alkyl carbamates (subject to hydrolysis) is 1. The van der Waals surface area contributed by atoms with Gasteiger partial charge in [-0.25, -0.2) is 9.78 Å². The number of benzene rings is 2. The summed E-state index contributed by atoms with van der Waals surface area (Å²) in [5.41, 5.74) is 7.58. The number of unbranched alkanes of at least 4 members (excludes halogenated alkanes) is 2. The van der Waals surface area contributed by atoms with E-state index in [9.17, 15) is 39.3 Å². The highest BCUT2D eigenvalue weighted by Crippen LogP contribution is 2.31. The summed E-state index contributed by atoms with van der Waals surface area (Å²) in [4.78, 5) is 76.5. The number of carbonyl (C=O) groups is 5. The van der Waals surface area contributed by atoms with Crippen LogP contribution in [-0.2, 0) is 30.5 Å². The number of amides is 4. The molecule has 0 spiro atoms. The quantitative estimate of drug-likeness (QED) is 0.0506. The van der Waals surface area contributed by atoms with E-state index in [1.165, 1.54) is 23.1 Å². The number of thiazole rings is 1. The molecule has 19 heteroatoms. The van der Waals surface area contributed by atoms with Gasteiger partial charge in [-0.15, -0.1) is 23.1 Å². The van der Waals surface area contributed by atoms with Gasteiger partial charge in [0.2, 0.25) is 17.7 Å². The number of rotatable bonds is 23. The number of ether oxygens (including phenoxy) is 1. The van der Waals surface area contributed by atoms with Crippen LogP contribution in [0.4, 0.5) is 10.5 Å². The highest BCUT2D eigenvalue weighted by atomic mass is 32.2. The standard InChI is InChI=1S/C38H52N8O9S2/c1-46(2)19-9-7-13-27(42-34(51)28(16-17-31(47)48)45-38(54)55-21-23-10-4-3-5-11-23)33(50)41-26(12-6-8-18-39)32(49)40-24-14-15-25-30(20-24)57-36(43-25)35-44-29(22-56-35)37(52)53/h3-5,10-11,14-15,20,26-29,37,52-53H,6-9,12-13,16-19,21-22,39H2,1-2H3,(H,40,49)(H,41,50)(H,42,51)(H,45,54)(H,47,48)/t26-,27-,28-,29+/m0/s1. The average molecular weight is 829 g/mol. The number of anilines is 1. The zero-order valence-electron chi connectivity index (χ0n) is 32.0.